The number of hydrogen-bond donors (Lipinski definition) is 2. The van der Waals surface area contributed by atoms with Crippen molar-refractivity contribution in [3.63, 3.8) is 0 Å². The molecule has 1 aliphatic heterocycles. The zero-order valence-electron chi connectivity index (χ0n) is 14.0. The van der Waals surface area contributed by atoms with Gasteiger partial charge in [-0.3, -0.25) is 9.69 Å². The zero-order chi connectivity index (χ0) is 17.3. The molecular weight excluding hydrogens is 306 g/mol. The van der Waals surface area contributed by atoms with Crippen molar-refractivity contribution in [2.24, 2.45) is 0 Å². The van der Waals surface area contributed by atoms with E-state index in [1.54, 1.807) is 0 Å². The maximum Gasteiger partial charge on any atom is 0.321 e. The number of fused-ring (bicyclic) bond motifs is 1. The van der Waals surface area contributed by atoms with Crippen molar-refractivity contribution in [1.82, 2.24) is 4.90 Å². The molecule has 1 fully saturated rings. The van der Waals surface area contributed by atoms with Crippen molar-refractivity contribution < 1.29 is 19.7 Å². The van der Waals surface area contributed by atoms with E-state index >= 15 is 0 Å². The minimum atomic E-state index is -0.891. The van der Waals surface area contributed by atoms with E-state index in [1.165, 1.54) is 0 Å². The molecule has 0 aromatic heterocycles. The lowest BCUT2D eigenvalue weighted by molar-refractivity contribution is -0.142. The molecule has 0 spiro atoms. The molecule has 0 amide bonds. The van der Waals surface area contributed by atoms with Crippen LogP contribution in [0.2, 0.25) is 0 Å². The van der Waals surface area contributed by atoms with Gasteiger partial charge in [0.1, 0.15) is 11.8 Å². The summed E-state index contributed by atoms with van der Waals surface area (Å²) >= 11 is 0. The van der Waals surface area contributed by atoms with E-state index in [1.807, 2.05) is 55.1 Å². The highest BCUT2D eigenvalue weighted by atomic mass is 16.5. The molecule has 2 aromatic carbocycles. The normalized spacial score (nSPS) is 21.5. The molecule has 1 heterocycles. The fourth-order valence-electron chi connectivity index (χ4n) is 3.36. The number of β-amino-alcohol motifs (C(OH)–C–C–N with tert-alkyl or cyclic N) is 1. The Hall–Kier alpha value is -2.11. The summed E-state index contributed by atoms with van der Waals surface area (Å²) in [6, 6.07) is 11.3. The first-order valence-corrected chi connectivity index (χ1v) is 8.28. The number of ether oxygens (including phenoxy) is 1. The van der Waals surface area contributed by atoms with Crippen LogP contribution in [0.25, 0.3) is 10.8 Å². The SMILES string of the molecule is CC(C)Oc1ccc2ccccc2c1CN1C[C@H](O)C[C@H]1C(=O)O. The van der Waals surface area contributed by atoms with Crippen molar-refractivity contribution in [3.8, 4) is 5.75 Å². The van der Waals surface area contributed by atoms with E-state index in [-0.39, 0.29) is 12.5 Å². The summed E-state index contributed by atoms with van der Waals surface area (Å²) in [5, 5.41) is 21.5. The summed E-state index contributed by atoms with van der Waals surface area (Å²) in [4.78, 5) is 13.3. The van der Waals surface area contributed by atoms with Gasteiger partial charge in [0.15, 0.2) is 0 Å². The van der Waals surface area contributed by atoms with Crippen LogP contribution < -0.4 is 4.74 Å². The number of likely N-dealkylation sites (tertiary alicyclic amines) is 1. The largest absolute Gasteiger partial charge is 0.491 e. The number of nitrogens with zero attached hydrogens (tertiary/aromatic N) is 1. The maximum atomic E-state index is 11.5. The van der Waals surface area contributed by atoms with Crippen molar-refractivity contribution in [2.45, 2.75) is 45.1 Å². The Morgan fingerprint density at radius 2 is 2.04 bits per heavy atom. The zero-order valence-corrected chi connectivity index (χ0v) is 14.0. The van der Waals surface area contributed by atoms with Crippen LogP contribution in [0.4, 0.5) is 0 Å². The van der Waals surface area contributed by atoms with E-state index in [2.05, 4.69) is 0 Å². The van der Waals surface area contributed by atoms with E-state index < -0.39 is 18.1 Å². The first-order valence-electron chi connectivity index (χ1n) is 8.28. The molecule has 2 atom stereocenters. The lowest BCUT2D eigenvalue weighted by Gasteiger charge is -2.24. The van der Waals surface area contributed by atoms with Crippen molar-refractivity contribution in [2.75, 3.05) is 6.54 Å². The topological polar surface area (TPSA) is 70.0 Å². The summed E-state index contributed by atoms with van der Waals surface area (Å²) in [5.74, 6) is -0.118. The second-order valence-corrected chi connectivity index (χ2v) is 6.60. The van der Waals surface area contributed by atoms with Gasteiger partial charge >= 0.3 is 5.97 Å². The molecule has 1 aliphatic rings. The van der Waals surface area contributed by atoms with Gasteiger partial charge in [-0.15, -0.1) is 0 Å². The molecule has 128 valence electrons. The number of aliphatic hydroxyl groups excluding tert-OH is 1. The molecule has 2 aromatic rings. The first-order chi connectivity index (χ1) is 11.5. The van der Waals surface area contributed by atoms with Gasteiger partial charge < -0.3 is 14.9 Å². The van der Waals surface area contributed by atoms with Gasteiger partial charge in [0.2, 0.25) is 0 Å². The highest BCUT2D eigenvalue weighted by Gasteiger charge is 2.36. The quantitative estimate of drug-likeness (QED) is 0.882. The smallest absolute Gasteiger partial charge is 0.321 e. The van der Waals surface area contributed by atoms with Crippen LogP contribution in [0.15, 0.2) is 36.4 Å². The first kappa shape index (κ1) is 16.7. The number of aliphatic carboxylic acids is 1. The molecule has 5 nitrogen and oxygen atoms in total. The Bertz CT molecular complexity index is 743. The molecule has 0 saturated carbocycles. The van der Waals surface area contributed by atoms with E-state index in [0.717, 1.165) is 22.1 Å². The van der Waals surface area contributed by atoms with Crippen LogP contribution in [0, 0.1) is 0 Å². The van der Waals surface area contributed by atoms with Gasteiger partial charge in [-0.1, -0.05) is 30.3 Å². The van der Waals surface area contributed by atoms with E-state index in [0.29, 0.717) is 13.1 Å². The summed E-state index contributed by atoms with van der Waals surface area (Å²) < 4.78 is 5.95. The maximum absolute atomic E-state index is 11.5. The summed E-state index contributed by atoms with van der Waals surface area (Å²) in [6.07, 6.45) is -0.305. The number of benzene rings is 2. The molecule has 0 unspecified atom stereocenters. The minimum absolute atomic E-state index is 0.0318. The lowest BCUT2D eigenvalue weighted by Crippen LogP contribution is -2.35. The minimum Gasteiger partial charge on any atom is -0.491 e. The molecule has 24 heavy (non-hydrogen) atoms. The predicted molar refractivity (Wildman–Crippen MR) is 92.2 cm³/mol. The number of carboxylic acid groups (broad SMARTS) is 1. The van der Waals surface area contributed by atoms with E-state index in [9.17, 15) is 15.0 Å². The van der Waals surface area contributed by atoms with Crippen LogP contribution in [0.5, 0.6) is 5.75 Å². The Morgan fingerprint density at radius 3 is 2.75 bits per heavy atom. The molecule has 0 radical (unpaired) electrons. The van der Waals surface area contributed by atoms with Crippen LogP contribution in [-0.4, -0.2) is 45.9 Å². The van der Waals surface area contributed by atoms with Crippen LogP contribution in [0.3, 0.4) is 0 Å². The van der Waals surface area contributed by atoms with Gasteiger partial charge in [0.25, 0.3) is 0 Å². The molecule has 0 aliphatic carbocycles. The van der Waals surface area contributed by atoms with Gasteiger partial charge in [-0.2, -0.15) is 0 Å². The standard InChI is InChI=1S/C19H23NO4/c1-12(2)24-18-8-7-13-5-3-4-6-15(13)16(18)11-20-10-14(21)9-17(20)19(22)23/h3-8,12,14,17,21H,9-11H2,1-2H3,(H,22,23)/t14-,17+/m1/s1. The summed E-state index contributed by atoms with van der Waals surface area (Å²) in [5.41, 5.74) is 0.974. The van der Waals surface area contributed by atoms with Crippen molar-refractivity contribution in [1.29, 1.82) is 0 Å². The van der Waals surface area contributed by atoms with E-state index in [4.69, 9.17) is 4.74 Å². The Balaban J connectivity index is 2.01. The second kappa shape index (κ2) is 6.79. The third-order valence-electron chi connectivity index (χ3n) is 4.39. The van der Waals surface area contributed by atoms with Gasteiger partial charge in [0.05, 0.1) is 12.2 Å². The van der Waals surface area contributed by atoms with Crippen LogP contribution in [0.1, 0.15) is 25.8 Å². The third kappa shape index (κ3) is 3.37. The molecule has 2 N–H and O–H groups in total. The van der Waals surface area contributed by atoms with Crippen molar-refractivity contribution >= 4 is 16.7 Å². The number of carbonyl (C=O) groups is 1. The number of aliphatic hydroxyl groups is 1. The third-order valence-corrected chi connectivity index (χ3v) is 4.39. The lowest BCUT2D eigenvalue weighted by atomic mass is 10.0. The highest BCUT2D eigenvalue weighted by molar-refractivity contribution is 5.87. The van der Waals surface area contributed by atoms with Crippen LogP contribution in [-0.2, 0) is 11.3 Å². The summed E-state index contributed by atoms with van der Waals surface area (Å²) in [7, 11) is 0. The van der Waals surface area contributed by atoms with Gasteiger partial charge in [-0.25, -0.2) is 0 Å². The van der Waals surface area contributed by atoms with Gasteiger partial charge in [0, 0.05) is 25.1 Å². The fourth-order valence-corrected chi connectivity index (χ4v) is 3.36. The molecule has 1 saturated heterocycles. The van der Waals surface area contributed by atoms with Gasteiger partial charge in [-0.05, 0) is 30.7 Å². The van der Waals surface area contributed by atoms with Crippen molar-refractivity contribution in [3.05, 3.63) is 42.0 Å². The average Bonchev–Trinajstić information content (AvgIpc) is 2.90. The molecular formula is C19H23NO4. The fraction of sp³-hybridized carbons (Fsp3) is 0.421. The molecule has 3 rings (SSSR count). The monoisotopic (exact) mass is 329 g/mol. The number of hydrogen-bond acceptors (Lipinski definition) is 4. The number of carboxylic acids is 1. The summed E-state index contributed by atoms with van der Waals surface area (Å²) in [6.45, 7) is 4.75. The molecule has 0 bridgehead atoms. The second-order valence-electron chi connectivity index (χ2n) is 6.60. The highest BCUT2D eigenvalue weighted by Crippen LogP contribution is 2.32. The Kier molecular flexibility index (Phi) is 4.73. The van der Waals surface area contributed by atoms with Crippen LogP contribution >= 0.6 is 0 Å². The predicted octanol–water partition coefficient (Wildman–Crippen LogP) is 2.65. The Morgan fingerprint density at radius 1 is 1.29 bits per heavy atom. The number of rotatable bonds is 5. The molecule has 5 heteroatoms. The Labute approximate surface area is 141 Å². The average molecular weight is 329 g/mol.